The monoisotopic (exact) mass is 267 g/mol. The second-order valence-electron chi connectivity index (χ2n) is 3.25. The summed E-state index contributed by atoms with van der Waals surface area (Å²) in [6.07, 6.45) is 0.920. The van der Waals surface area contributed by atoms with Crippen LogP contribution in [0.3, 0.4) is 0 Å². The molecule has 0 bridgehead atoms. The standard InChI is InChI=1S/C11H10BrNO2/c1-7(14)10-6-13-11(15-10)8-2-4-9(12)5-3-8/h2-7,14H,1H3. The fourth-order valence-corrected chi connectivity index (χ4v) is 1.47. The molecule has 2 aromatic rings. The minimum Gasteiger partial charge on any atom is -0.438 e. The first kappa shape index (κ1) is 10.4. The van der Waals surface area contributed by atoms with Crippen molar-refractivity contribution in [2.24, 2.45) is 0 Å². The van der Waals surface area contributed by atoms with Crippen LogP contribution in [0.2, 0.25) is 0 Å². The Hall–Kier alpha value is -1.13. The molecule has 1 unspecified atom stereocenters. The maximum Gasteiger partial charge on any atom is 0.226 e. The summed E-state index contributed by atoms with van der Waals surface area (Å²) in [6.45, 7) is 1.64. The van der Waals surface area contributed by atoms with E-state index in [1.54, 1.807) is 13.1 Å². The van der Waals surface area contributed by atoms with Crippen LogP contribution in [0.15, 0.2) is 39.4 Å². The Balaban J connectivity index is 2.33. The summed E-state index contributed by atoms with van der Waals surface area (Å²) < 4.78 is 6.40. The highest BCUT2D eigenvalue weighted by Crippen LogP contribution is 2.23. The van der Waals surface area contributed by atoms with Gasteiger partial charge in [0.2, 0.25) is 5.89 Å². The van der Waals surface area contributed by atoms with Crippen molar-refractivity contribution in [3.63, 3.8) is 0 Å². The predicted octanol–water partition coefficient (Wildman–Crippen LogP) is 3.16. The van der Waals surface area contributed by atoms with E-state index in [9.17, 15) is 5.11 Å². The van der Waals surface area contributed by atoms with E-state index in [4.69, 9.17) is 4.42 Å². The number of aliphatic hydroxyl groups excluding tert-OH is 1. The highest BCUT2D eigenvalue weighted by atomic mass is 79.9. The molecule has 4 heteroatoms. The maximum absolute atomic E-state index is 9.29. The van der Waals surface area contributed by atoms with Crippen molar-refractivity contribution in [3.8, 4) is 11.5 Å². The van der Waals surface area contributed by atoms with E-state index in [2.05, 4.69) is 20.9 Å². The third-order valence-corrected chi connectivity index (χ3v) is 2.56. The smallest absolute Gasteiger partial charge is 0.226 e. The molecule has 1 atom stereocenters. The van der Waals surface area contributed by atoms with E-state index in [1.807, 2.05) is 24.3 Å². The van der Waals surface area contributed by atoms with Gasteiger partial charge in [0.15, 0.2) is 5.76 Å². The molecule has 0 amide bonds. The Morgan fingerprint density at radius 2 is 2.00 bits per heavy atom. The van der Waals surface area contributed by atoms with Gasteiger partial charge < -0.3 is 9.52 Å². The second-order valence-corrected chi connectivity index (χ2v) is 4.17. The molecule has 1 heterocycles. The molecule has 0 saturated heterocycles. The van der Waals surface area contributed by atoms with Gasteiger partial charge in [-0.15, -0.1) is 0 Å². The van der Waals surface area contributed by atoms with Gasteiger partial charge in [-0.25, -0.2) is 4.98 Å². The molecule has 0 aliphatic carbocycles. The number of nitrogens with zero attached hydrogens (tertiary/aromatic N) is 1. The summed E-state index contributed by atoms with van der Waals surface area (Å²) in [4.78, 5) is 4.10. The van der Waals surface area contributed by atoms with Gasteiger partial charge in [-0.1, -0.05) is 15.9 Å². The van der Waals surface area contributed by atoms with E-state index < -0.39 is 6.10 Å². The summed E-state index contributed by atoms with van der Waals surface area (Å²) in [5.74, 6) is 1.01. The molecule has 78 valence electrons. The van der Waals surface area contributed by atoms with Crippen molar-refractivity contribution in [3.05, 3.63) is 40.7 Å². The Morgan fingerprint density at radius 3 is 2.53 bits per heavy atom. The van der Waals surface area contributed by atoms with Gasteiger partial charge in [0.05, 0.1) is 6.20 Å². The molecule has 0 fully saturated rings. The highest BCUT2D eigenvalue weighted by Gasteiger charge is 2.09. The first-order valence-corrected chi connectivity index (χ1v) is 5.36. The van der Waals surface area contributed by atoms with Crippen molar-refractivity contribution in [1.29, 1.82) is 0 Å². The van der Waals surface area contributed by atoms with Crippen LogP contribution in [-0.2, 0) is 0 Å². The largest absolute Gasteiger partial charge is 0.438 e. The van der Waals surface area contributed by atoms with Crippen molar-refractivity contribution >= 4 is 15.9 Å². The molecule has 1 N–H and O–H groups in total. The molecule has 1 aromatic heterocycles. The maximum atomic E-state index is 9.29. The quantitative estimate of drug-likeness (QED) is 0.909. The number of rotatable bonds is 2. The lowest BCUT2D eigenvalue weighted by atomic mass is 10.2. The molecule has 0 radical (unpaired) electrons. The van der Waals surface area contributed by atoms with Gasteiger partial charge in [0.1, 0.15) is 6.10 Å². The van der Waals surface area contributed by atoms with Crippen LogP contribution < -0.4 is 0 Å². The third kappa shape index (κ3) is 2.27. The van der Waals surface area contributed by atoms with Crippen LogP contribution in [0, 0.1) is 0 Å². The molecule has 0 aliphatic heterocycles. The van der Waals surface area contributed by atoms with Crippen molar-refractivity contribution in [2.45, 2.75) is 13.0 Å². The van der Waals surface area contributed by atoms with Crippen molar-refractivity contribution < 1.29 is 9.52 Å². The number of hydrogen-bond donors (Lipinski definition) is 1. The predicted molar refractivity (Wildman–Crippen MR) is 60.3 cm³/mol. The minimum atomic E-state index is -0.623. The second kappa shape index (κ2) is 4.16. The molecule has 15 heavy (non-hydrogen) atoms. The highest BCUT2D eigenvalue weighted by molar-refractivity contribution is 9.10. The molecular formula is C11H10BrNO2. The van der Waals surface area contributed by atoms with Gasteiger partial charge in [-0.3, -0.25) is 0 Å². The Kier molecular flexibility index (Phi) is 2.88. The summed E-state index contributed by atoms with van der Waals surface area (Å²) in [5, 5.41) is 9.29. The topological polar surface area (TPSA) is 46.3 Å². The fraction of sp³-hybridized carbons (Fsp3) is 0.182. The van der Waals surface area contributed by atoms with Crippen LogP contribution in [0.1, 0.15) is 18.8 Å². The number of benzene rings is 1. The number of aromatic nitrogens is 1. The van der Waals surface area contributed by atoms with Crippen LogP contribution in [0.5, 0.6) is 0 Å². The van der Waals surface area contributed by atoms with Crippen molar-refractivity contribution in [1.82, 2.24) is 4.98 Å². The molecule has 3 nitrogen and oxygen atoms in total. The van der Waals surface area contributed by atoms with Crippen LogP contribution in [-0.4, -0.2) is 10.1 Å². The van der Waals surface area contributed by atoms with E-state index in [-0.39, 0.29) is 0 Å². The third-order valence-electron chi connectivity index (χ3n) is 2.03. The van der Waals surface area contributed by atoms with E-state index >= 15 is 0 Å². The van der Waals surface area contributed by atoms with Gasteiger partial charge >= 0.3 is 0 Å². The summed E-state index contributed by atoms with van der Waals surface area (Å²) in [5.41, 5.74) is 0.894. The normalized spacial score (nSPS) is 12.7. The Bertz CT molecular complexity index is 448. The summed E-state index contributed by atoms with van der Waals surface area (Å²) in [7, 11) is 0. The molecule has 2 rings (SSSR count). The molecule has 1 aromatic carbocycles. The first-order valence-electron chi connectivity index (χ1n) is 4.56. The zero-order valence-corrected chi connectivity index (χ0v) is 9.73. The summed E-state index contributed by atoms with van der Waals surface area (Å²) >= 11 is 3.36. The number of halogens is 1. The Labute approximate surface area is 95.9 Å². The van der Waals surface area contributed by atoms with E-state index in [1.165, 1.54) is 0 Å². The van der Waals surface area contributed by atoms with E-state index in [0.717, 1.165) is 10.0 Å². The number of aliphatic hydroxyl groups is 1. The minimum absolute atomic E-state index is 0.480. The summed E-state index contributed by atoms with van der Waals surface area (Å²) in [6, 6.07) is 7.65. The van der Waals surface area contributed by atoms with Gasteiger partial charge in [-0.2, -0.15) is 0 Å². The zero-order chi connectivity index (χ0) is 10.8. The number of oxazole rings is 1. The lowest BCUT2D eigenvalue weighted by Crippen LogP contribution is -1.85. The van der Waals surface area contributed by atoms with Crippen LogP contribution >= 0.6 is 15.9 Å². The molecule has 0 aliphatic rings. The molecule has 0 spiro atoms. The van der Waals surface area contributed by atoms with Gasteiger partial charge in [-0.05, 0) is 31.2 Å². The Morgan fingerprint density at radius 1 is 1.33 bits per heavy atom. The van der Waals surface area contributed by atoms with Crippen LogP contribution in [0.4, 0.5) is 0 Å². The lowest BCUT2D eigenvalue weighted by Gasteiger charge is -1.97. The van der Waals surface area contributed by atoms with Crippen LogP contribution in [0.25, 0.3) is 11.5 Å². The van der Waals surface area contributed by atoms with Gasteiger partial charge in [0.25, 0.3) is 0 Å². The first-order chi connectivity index (χ1) is 7.16. The average Bonchev–Trinajstić information content (AvgIpc) is 2.68. The average molecular weight is 268 g/mol. The van der Waals surface area contributed by atoms with Gasteiger partial charge in [0, 0.05) is 10.0 Å². The fourth-order valence-electron chi connectivity index (χ4n) is 1.21. The number of hydrogen-bond acceptors (Lipinski definition) is 3. The van der Waals surface area contributed by atoms with E-state index in [0.29, 0.717) is 11.7 Å². The molecular weight excluding hydrogens is 258 g/mol. The lowest BCUT2D eigenvalue weighted by molar-refractivity contribution is 0.170. The van der Waals surface area contributed by atoms with Crippen molar-refractivity contribution in [2.75, 3.05) is 0 Å². The molecule has 0 saturated carbocycles. The zero-order valence-electron chi connectivity index (χ0n) is 8.14. The SMILES string of the molecule is CC(O)c1cnc(-c2ccc(Br)cc2)o1.